The lowest BCUT2D eigenvalue weighted by atomic mass is 9.97. The first-order valence-electron chi connectivity index (χ1n) is 7.52. The minimum absolute atomic E-state index is 0.166. The number of carbonyl (C=O) groups is 1. The third-order valence-corrected chi connectivity index (χ3v) is 3.62. The predicted octanol–water partition coefficient (Wildman–Crippen LogP) is 1.66. The smallest absolute Gasteiger partial charge is 0.326 e. The monoisotopic (exact) mass is 288 g/mol. The van der Waals surface area contributed by atoms with Gasteiger partial charge in [-0.25, -0.2) is 0 Å². The summed E-state index contributed by atoms with van der Waals surface area (Å²) < 4.78 is 10.4. The van der Waals surface area contributed by atoms with E-state index in [-0.39, 0.29) is 5.97 Å². The number of methoxy groups -OCH3 is 1. The lowest BCUT2D eigenvalue weighted by molar-refractivity contribution is -0.151. The fraction of sp³-hybridized carbons (Fsp3) is 0.933. The molecule has 0 aliphatic rings. The summed E-state index contributed by atoms with van der Waals surface area (Å²) in [5.41, 5.74) is -0.618. The van der Waals surface area contributed by atoms with Crippen molar-refractivity contribution in [3.8, 4) is 0 Å². The molecule has 2 unspecified atom stereocenters. The highest BCUT2D eigenvalue weighted by atomic mass is 16.5. The van der Waals surface area contributed by atoms with Crippen LogP contribution in [0.2, 0.25) is 0 Å². The van der Waals surface area contributed by atoms with Gasteiger partial charge in [0.15, 0.2) is 0 Å². The van der Waals surface area contributed by atoms with Gasteiger partial charge in [0.05, 0.1) is 13.2 Å². The van der Waals surface area contributed by atoms with E-state index in [1.54, 1.807) is 7.11 Å². The van der Waals surface area contributed by atoms with E-state index in [0.717, 1.165) is 25.9 Å². The fourth-order valence-electron chi connectivity index (χ4n) is 1.94. The maximum atomic E-state index is 12.2. The van der Waals surface area contributed by atoms with E-state index >= 15 is 0 Å². The molecule has 0 aromatic carbocycles. The molecule has 0 rings (SSSR count). The van der Waals surface area contributed by atoms with Crippen LogP contribution in [0, 0.1) is 0 Å². The van der Waals surface area contributed by atoms with Crippen LogP contribution in [0.25, 0.3) is 0 Å². The maximum Gasteiger partial charge on any atom is 0.326 e. The zero-order valence-corrected chi connectivity index (χ0v) is 14.0. The Hall–Kier alpha value is -0.650. The van der Waals surface area contributed by atoms with Crippen molar-refractivity contribution in [2.75, 3.05) is 40.5 Å². The first-order valence-corrected chi connectivity index (χ1v) is 7.52. The van der Waals surface area contributed by atoms with Gasteiger partial charge in [0.25, 0.3) is 0 Å². The molecule has 0 fully saturated rings. The Morgan fingerprint density at radius 1 is 1.40 bits per heavy atom. The van der Waals surface area contributed by atoms with E-state index in [1.807, 2.05) is 13.8 Å². The molecule has 0 saturated carbocycles. The van der Waals surface area contributed by atoms with Gasteiger partial charge in [0, 0.05) is 19.7 Å². The highest BCUT2D eigenvalue weighted by Gasteiger charge is 2.34. The number of nitrogens with zero attached hydrogens (tertiary/aromatic N) is 1. The molecule has 20 heavy (non-hydrogen) atoms. The molecule has 0 aromatic heterocycles. The second kappa shape index (κ2) is 10.1. The summed E-state index contributed by atoms with van der Waals surface area (Å²) in [6.45, 7) is 10.7. The largest absolute Gasteiger partial charge is 0.465 e. The van der Waals surface area contributed by atoms with Crippen molar-refractivity contribution < 1.29 is 14.3 Å². The first-order chi connectivity index (χ1) is 9.41. The number of esters is 1. The van der Waals surface area contributed by atoms with E-state index in [4.69, 9.17) is 9.47 Å². The quantitative estimate of drug-likeness (QED) is 0.586. The van der Waals surface area contributed by atoms with Crippen molar-refractivity contribution in [3.63, 3.8) is 0 Å². The Morgan fingerprint density at radius 2 is 2.05 bits per heavy atom. The van der Waals surface area contributed by atoms with Gasteiger partial charge in [0.1, 0.15) is 5.54 Å². The van der Waals surface area contributed by atoms with Crippen molar-refractivity contribution >= 4 is 5.97 Å². The Bertz CT molecular complexity index is 274. The molecule has 2 atom stereocenters. The van der Waals surface area contributed by atoms with Crippen LogP contribution in [-0.2, 0) is 14.3 Å². The second-order valence-corrected chi connectivity index (χ2v) is 5.51. The number of hydrogen-bond acceptors (Lipinski definition) is 5. The average Bonchev–Trinajstić information content (AvgIpc) is 2.43. The molecule has 5 heteroatoms. The Kier molecular flexibility index (Phi) is 9.80. The molecule has 0 aliphatic carbocycles. The SMILES string of the molecule is CCCNC(C)(CCN(C)C(C)COC)C(=O)OCC. The summed E-state index contributed by atoms with van der Waals surface area (Å²) in [6, 6.07) is 0.331. The highest BCUT2D eigenvalue weighted by Crippen LogP contribution is 2.14. The number of carbonyl (C=O) groups excluding carboxylic acids is 1. The van der Waals surface area contributed by atoms with Crippen LogP contribution >= 0.6 is 0 Å². The molecular weight excluding hydrogens is 256 g/mol. The summed E-state index contributed by atoms with van der Waals surface area (Å²) in [5, 5.41) is 3.32. The molecule has 0 aromatic rings. The van der Waals surface area contributed by atoms with Gasteiger partial charge in [0.2, 0.25) is 0 Å². The second-order valence-electron chi connectivity index (χ2n) is 5.51. The summed E-state index contributed by atoms with van der Waals surface area (Å²) >= 11 is 0. The predicted molar refractivity (Wildman–Crippen MR) is 81.9 cm³/mol. The van der Waals surface area contributed by atoms with Crippen molar-refractivity contribution in [2.24, 2.45) is 0 Å². The molecule has 0 spiro atoms. The number of ether oxygens (including phenoxy) is 2. The zero-order chi connectivity index (χ0) is 15.6. The molecule has 5 nitrogen and oxygen atoms in total. The van der Waals surface area contributed by atoms with Gasteiger partial charge < -0.3 is 19.7 Å². The fourth-order valence-corrected chi connectivity index (χ4v) is 1.94. The van der Waals surface area contributed by atoms with Crippen LogP contribution in [0.5, 0.6) is 0 Å². The lowest BCUT2D eigenvalue weighted by Gasteiger charge is -2.32. The van der Waals surface area contributed by atoms with Crippen LogP contribution < -0.4 is 5.32 Å². The molecule has 0 radical (unpaired) electrons. The third kappa shape index (κ3) is 6.68. The summed E-state index contributed by atoms with van der Waals surface area (Å²) in [4.78, 5) is 14.4. The van der Waals surface area contributed by atoms with Gasteiger partial charge in [-0.15, -0.1) is 0 Å². The summed E-state index contributed by atoms with van der Waals surface area (Å²) in [5.74, 6) is -0.166. The molecular formula is C15H32N2O3. The van der Waals surface area contributed by atoms with Crippen molar-refractivity contribution in [2.45, 2.75) is 52.1 Å². The standard InChI is InChI=1S/C15H32N2O3/c1-7-10-16-15(4,14(18)20-8-2)9-11-17(5)13(3)12-19-6/h13,16H,7-12H2,1-6H3. The minimum Gasteiger partial charge on any atom is -0.465 e. The Labute approximate surface area is 124 Å². The van der Waals surface area contributed by atoms with Crippen LogP contribution in [0.4, 0.5) is 0 Å². The molecule has 0 aliphatic heterocycles. The van der Waals surface area contributed by atoms with Crippen molar-refractivity contribution in [1.82, 2.24) is 10.2 Å². The van der Waals surface area contributed by atoms with E-state index in [0.29, 0.717) is 19.3 Å². The first kappa shape index (κ1) is 19.4. The highest BCUT2D eigenvalue weighted by molar-refractivity contribution is 5.80. The summed E-state index contributed by atoms with van der Waals surface area (Å²) in [7, 11) is 3.75. The number of likely N-dealkylation sites (N-methyl/N-ethyl adjacent to an activating group) is 1. The number of rotatable bonds is 11. The lowest BCUT2D eigenvalue weighted by Crippen LogP contribution is -2.53. The third-order valence-electron chi connectivity index (χ3n) is 3.62. The van der Waals surface area contributed by atoms with Crippen molar-refractivity contribution in [3.05, 3.63) is 0 Å². The van der Waals surface area contributed by atoms with E-state index < -0.39 is 5.54 Å². The molecule has 120 valence electrons. The molecule has 0 bridgehead atoms. The molecule has 0 amide bonds. The topological polar surface area (TPSA) is 50.8 Å². The van der Waals surface area contributed by atoms with Gasteiger partial charge in [-0.3, -0.25) is 4.79 Å². The van der Waals surface area contributed by atoms with E-state index in [9.17, 15) is 4.79 Å². The summed E-state index contributed by atoms with van der Waals surface area (Å²) in [6.07, 6.45) is 1.71. The number of hydrogen-bond donors (Lipinski definition) is 1. The van der Waals surface area contributed by atoms with E-state index in [1.165, 1.54) is 0 Å². The van der Waals surface area contributed by atoms with E-state index in [2.05, 4.69) is 31.1 Å². The minimum atomic E-state index is -0.618. The van der Waals surface area contributed by atoms with Crippen LogP contribution in [0.15, 0.2) is 0 Å². The van der Waals surface area contributed by atoms with Crippen molar-refractivity contribution in [1.29, 1.82) is 0 Å². The van der Waals surface area contributed by atoms with Crippen LogP contribution in [0.1, 0.15) is 40.5 Å². The molecule has 1 N–H and O–H groups in total. The zero-order valence-electron chi connectivity index (χ0n) is 14.0. The van der Waals surface area contributed by atoms with Gasteiger partial charge in [-0.2, -0.15) is 0 Å². The van der Waals surface area contributed by atoms with Gasteiger partial charge >= 0.3 is 5.97 Å². The Morgan fingerprint density at radius 3 is 2.55 bits per heavy atom. The molecule has 0 saturated heterocycles. The normalized spacial score (nSPS) is 15.9. The van der Waals surface area contributed by atoms with Gasteiger partial charge in [-0.05, 0) is 47.2 Å². The van der Waals surface area contributed by atoms with Gasteiger partial charge in [-0.1, -0.05) is 6.92 Å². The Balaban J connectivity index is 4.52. The average molecular weight is 288 g/mol. The molecule has 0 heterocycles. The number of nitrogens with one attached hydrogen (secondary N) is 1. The maximum absolute atomic E-state index is 12.2. The van der Waals surface area contributed by atoms with Crippen LogP contribution in [-0.4, -0.2) is 62.9 Å². The van der Waals surface area contributed by atoms with Crippen LogP contribution in [0.3, 0.4) is 0 Å².